The standard InChI is InChI=1S/C25H29FN8O2/c1-25(2,3)36-24(35)32-9-8-17(13-32)14-33-16-20(12-28-33)30-23-27-10-19-11-29-34(22(19)31-23)15-18-6-4-5-7-21(18)26/h4-7,10-12,16-17H,8-9,13-15H2,1-3H3,(H,27,30,31). The second-order valence-corrected chi connectivity index (χ2v) is 10.0. The summed E-state index contributed by atoms with van der Waals surface area (Å²) in [4.78, 5) is 23.0. The highest BCUT2D eigenvalue weighted by atomic mass is 19.1. The second-order valence-electron chi connectivity index (χ2n) is 10.0. The van der Waals surface area contributed by atoms with Crippen molar-refractivity contribution in [2.24, 2.45) is 5.92 Å². The summed E-state index contributed by atoms with van der Waals surface area (Å²) in [5, 5.41) is 12.7. The lowest BCUT2D eigenvalue weighted by Crippen LogP contribution is -2.35. The molecule has 1 saturated heterocycles. The van der Waals surface area contributed by atoms with E-state index in [4.69, 9.17) is 4.74 Å². The number of fused-ring (bicyclic) bond motifs is 1. The topological polar surface area (TPSA) is 103 Å². The van der Waals surface area contributed by atoms with E-state index in [0.29, 0.717) is 42.7 Å². The van der Waals surface area contributed by atoms with Crippen LogP contribution < -0.4 is 5.32 Å². The molecule has 1 fully saturated rings. The normalized spacial score (nSPS) is 16.0. The number of nitrogens with zero attached hydrogens (tertiary/aromatic N) is 7. The number of carbonyl (C=O) groups excluding carboxylic acids is 1. The van der Waals surface area contributed by atoms with Crippen molar-refractivity contribution in [2.45, 2.75) is 45.9 Å². The molecule has 0 spiro atoms. The van der Waals surface area contributed by atoms with Gasteiger partial charge in [0.05, 0.1) is 30.0 Å². The minimum absolute atomic E-state index is 0.269. The van der Waals surface area contributed by atoms with E-state index in [1.165, 1.54) is 6.07 Å². The van der Waals surface area contributed by atoms with Crippen LogP contribution in [0.2, 0.25) is 0 Å². The number of halogens is 1. The highest BCUT2D eigenvalue weighted by molar-refractivity contribution is 5.75. The molecule has 1 aliphatic rings. The number of anilines is 2. The lowest BCUT2D eigenvalue weighted by atomic mass is 10.1. The monoisotopic (exact) mass is 492 g/mol. The molecule has 5 rings (SSSR count). The first-order valence-electron chi connectivity index (χ1n) is 11.9. The van der Waals surface area contributed by atoms with Gasteiger partial charge in [-0.2, -0.15) is 15.2 Å². The van der Waals surface area contributed by atoms with Crippen LogP contribution in [0.3, 0.4) is 0 Å². The molecular formula is C25H29FN8O2. The molecule has 1 N–H and O–H groups in total. The number of hydrogen-bond donors (Lipinski definition) is 1. The average molecular weight is 493 g/mol. The molecule has 4 heterocycles. The van der Waals surface area contributed by atoms with Crippen LogP contribution >= 0.6 is 0 Å². The molecule has 0 bridgehead atoms. The highest BCUT2D eigenvalue weighted by Crippen LogP contribution is 2.22. The number of carbonyl (C=O) groups is 1. The number of ether oxygens (including phenoxy) is 1. The smallest absolute Gasteiger partial charge is 0.410 e. The first-order chi connectivity index (χ1) is 17.2. The van der Waals surface area contributed by atoms with Gasteiger partial charge in [-0.15, -0.1) is 0 Å². The SMILES string of the molecule is CC(C)(C)OC(=O)N1CCC(Cn2cc(Nc3ncc4cnn(Cc5ccccc5F)c4n3)cn2)C1. The molecule has 0 radical (unpaired) electrons. The zero-order chi connectivity index (χ0) is 25.3. The van der Waals surface area contributed by atoms with Crippen molar-refractivity contribution in [1.82, 2.24) is 34.4 Å². The third-order valence-electron chi connectivity index (χ3n) is 5.93. The lowest BCUT2D eigenvalue weighted by Gasteiger charge is -2.24. The molecule has 0 saturated carbocycles. The zero-order valence-corrected chi connectivity index (χ0v) is 20.6. The summed E-state index contributed by atoms with van der Waals surface area (Å²) >= 11 is 0. The van der Waals surface area contributed by atoms with Crippen molar-refractivity contribution in [2.75, 3.05) is 18.4 Å². The van der Waals surface area contributed by atoms with Crippen LogP contribution in [0.15, 0.2) is 49.1 Å². The van der Waals surface area contributed by atoms with Crippen molar-refractivity contribution in [3.8, 4) is 0 Å². The summed E-state index contributed by atoms with van der Waals surface area (Å²) < 4.78 is 23.1. The summed E-state index contributed by atoms with van der Waals surface area (Å²) in [6, 6.07) is 6.62. The van der Waals surface area contributed by atoms with E-state index in [-0.39, 0.29) is 18.5 Å². The largest absolute Gasteiger partial charge is 0.444 e. The zero-order valence-electron chi connectivity index (χ0n) is 20.6. The van der Waals surface area contributed by atoms with Gasteiger partial charge in [0, 0.05) is 37.6 Å². The van der Waals surface area contributed by atoms with Crippen LogP contribution in [0.25, 0.3) is 11.0 Å². The van der Waals surface area contributed by atoms with E-state index < -0.39 is 5.60 Å². The van der Waals surface area contributed by atoms with Crippen molar-refractivity contribution < 1.29 is 13.9 Å². The van der Waals surface area contributed by atoms with Crippen LogP contribution in [-0.2, 0) is 17.8 Å². The summed E-state index contributed by atoms with van der Waals surface area (Å²) in [5.74, 6) is 0.414. The van der Waals surface area contributed by atoms with Gasteiger partial charge in [-0.05, 0) is 39.2 Å². The third-order valence-corrected chi connectivity index (χ3v) is 5.93. The van der Waals surface area contributed by atoms with E-state index in [1.54, 1.807) is 46.4 Å². The van der Waals surface area contributed by atoms with E-state index >= 15 is 0 Å². The number of aromatic nitrogens is 6. The van der Waals surface area contributed by atoms with Crippen molar-refractivity contribution >= 4 is 28.8 Å². The Morgan fingerprint density at radius 3 is 2.83 bits per heavy atom. The van der Waals surface area contributed by atoms with Gasteiger partial charge < -0.3 is 15.0 Å². The Labute approximate surface area is 208 Å². The maximum atomic E-state index is 14.1. The maximum absolute atomic E-state index is 14.1. The fourth-order valence-corrected chi connectivity index (χ4v) is 4.23. The molecule has 1 unspecified atom stereocenters. The molecule has 36 heavy (non-hydrogen) atoms. The van der Waals surface area contributed by atoms with Crippen molar-refractivity contribution in [3.05, 3.63) is 60.4 Å². The van der Waals surface area contributed by atoms with Crippen molar-refractivity contribution in [3.63, 3.8) is 0 Å². The Morgan fingerprint density at radius 2 is 2.03 bits per heavy atom. The molecule has 1 atom stereocenters. The molecule has 3 aromatic heterocycles. The molecule has 1 aliphatic heterocycles. The van der Waals surface area contributed by atoms with Crippen LogP contribution in [0, 0.1) is 11.7 Å². The van der Waals surface area contributed by atoms with E-state index in [1.807, 2.05) is 31.6 Å². The Balaban J connectivity index is 1.22. The Hall–Kier alpha value is -4.02. The number of benzene rings is 1. The van der Waals surface area contributed by atoms with Gasteiger partial charge in [0.25, 0.3) is 0 Å². The predicted octanol–water partition coefficient (Wildman–Crippen LogP) is 4.21. The average Bonchev–Trinajstić information content (AvgIpc) is 3.56. The fourth-order valence-electron chi connectivity index (χ4n) is 4.23. The summed E-state index contributed by atoms with van der Waals surface area (Å²) in [6.07, 6.45) is 7.58. The minimum atomic E-state index is -0.502. The molecule has 188 valence electrons. The van der Waals surface area contributed by atoms with Gasteiger partial charge in [-0.25, -0.2) is 18.9 Å². The van der Waals surface area contributed by atoms with Gasteiger partial charge in [-0.1, -0.05) is 18.2 Å². The summed E-state index contributed by atoms with van der Waals surface area (Å²) in [7, 11) is 0. The third kappa shape index (κ3) is 5.45. The number of likely N-dealkylation sites (tertiary alicyclic amines) is 1. The molecule has 10 nitrogen and oxygen atoms in total. The van der Waals surface area contributed by atoms with Crippen LogP contribution in [0.4, 0.5) is 20.8 Å². The number of hydrogen-bond acceptors (Lipinski definition) is 7. The fraction of sp³-hybridized carbons (Fsp3) is 0.400. The van der Waals surface area contributed by atoms with Crippen molar-refractivity contribution in [1.29, 1.82) is 0 Å². The van der Waals surface area contributed by atoms with Crippen LogP contribution in [0.1, 0.15) is 32.8 Å². The Kier molecular flexibility index (Phi) is 6.29. The molecule has 1 aromatic carbocycles. The maximum Gasteiger partial charge on any atom is 0.410 e. The van der Waals surface area contributed by atoms with Crippen LogP contribution in [0.5, 0.6) is 0 Å². The first-order valence-corrected chi connectivity index (χ1v) is 11.9. The van der Waals surface area contributed by atoms with Gasteiger partial charge in [0.1, 0.15) is 11.4 Å². The Bertz CT molecular complexity index is 1380. The van der Waals surface area contributed by atoms with Gasteiger partial charge in [0.15, 0.2) is 5.65 Å². The summed E-state index contributed by atoms with van der Waals surface area (Å²) in [5.41, 5.74) is 1.39. The van der Waals surface area contributed by atoms with E-state index in [0.717, 1.165) is 17.5 Å². The molecule has 4 aromatic rings. The molecular weight excluding hydrogens is 463 g/mol. The predicted molar refractivity (Wildman–Crippen MR) is 132 cm³/mol. The number of amides is 1. The lowest BCUT2D eigenvalue weighted by molar-refractivity contribution is 0.0286. The number of nitrogens with one attached hydrogen (secondary N) is 1. The van der Waals surface area contributed by atoms with Gasteiger partial charge in [0.2, 0.25) is 5.95 Å². The van der Waals surface area contributed by atoms with E-state index in [9.17, 15) is 9.18 Å². The number of rotatable bonds is 6. The molecule has 0 aliphatic carbocycles. The second kappa shape index (κ2) is 9.56. The van der Waals surface area contributed by atoms with Gasteiger partial charge in [-0.3, -0.25) is 4.68 Å². The first kappa shape index (κ1) is 23.7. The van der Waals surface area contributed by atoms with Crippen LogP contribution in [-0.4, -0.2) is 59.2 Å². The Morgan fingerprint density at radius 1 is 1.19 bits per heavy atom. The van der Waals surface area contributed by atoms with Gasteiger partial charge >= 0.3 is 6.09 Å². The highest BCUT2D eigenvalue weighted by Gasteiger charge is 2.30. The summed E-state index contributed by atoms with van der Waals surface area (Å²) in [6.45, 7) is 7.89. The molecule has 1 amide bonds. The quantitative estimate of drug-likeness (QED) is 0.430. The minimum Gasteiger partial charge on any atom is -0.444 e. The molecule has 11 heteroatoms. The van der Waals surface area contributed by atoms with E-state index in [2.05, 4.69) is 25.5 Å².